The van der Waals surface area contributed by atoms with E-state index in [2.05, 4.69) is 16.8 Å². The first-order valence-electron chi connectivity index (χ1n) is 9.09. The van der Waals surface area contributed by atoms with Crippen LogP contribution in [0.15, 0.2) is 41.8 Å². The summed E-state index contributed by atoms with van der Waals surface area (Å²) >= 11 is 1.70. The first kappa shape index (κ1) is 18.6. The standard InChI is InChI=1S/C21H26N2O2S/c1-21(2,3)20(25)22-17-10-12-23(13-11-17)19(24)16-8-6-15(7-9-16)18-5-4-14-26-18/h4-9,14,17H,10-13H2,1-3H3,(H,22,25). The fourth-order valence-corrected chi connectivity index (χ4v) is 3.76. The molecule has 0 saturated carbocycles. The molecule has 1 aliphatic rings. The van der Waals surface area contributed by atoms with Gasteiger partial charge >= 0.3 is 0 Å². The largest absolute Gasteiger partial charge is 0.353 e. The van der Waals surface area contributed by atoms with Crippen molar-refractivity contribution >= 4 is 23.2 Å². The summed E-state index contributed by atoms with van der Waals surface area (Å²) < 4.78 is 0. The number of hydrogen-bond acceptors (Lipinski definition) is 3. The summed E-state index contributed by atoms with van der Waals surface area (Å²) in [5.74, 6) is 0.148. The van der Waals surface area contributed by atoms with Crippen LogP contribution >= 0.6 is 11.3 Å². The summed E-state index contributed by atoms with van der Waals surface area (Å²) in [7, 11) is 0. The summed E-state index contributed by atoms with van der Waals surface area (Å²) in [6.07, 6.45) is 1.61. The number of piperidine rings is 1. The minimum absolute atomic E-state index is 0.0725. The van der Waals surface area contributed by atoms with E-state index in [4.69, 9.17) is 0 Å². The molecule has 5 heteroatoms. The smallest absolute Gasteiger partial charge is 0.253 e. The second-order valence-corrected chi connectivity index (χ2v) is 8.79. The Bertz CT molecular complexity index is 752. The van der Waals surface area contributed by atoms with Gasteiger partial charge in [-0.3, -0.25) is 9.59 Å². The van der Waals surface area contributed by atoms with Crippen LogP contribution in [0.1, 0.15) is 44.0 Å². The van der Waals surface area contributed by atoms with Crippen LogP contribution in [0, 0.1) is 5.41 Å². The van der Waals surface area contributed by atoms with E-state index >= 15 is 0 Å². The van der Waals surface area contributed by atoms with Crippen LogP contribution in [0.2, 0.25) is 0 Å². The van der Waals surface area contributed by atoms with Crippen LogP contribution < -0.4 is 5.32 Å². The van der Waals surface area contributed by atoms with Gasteiger partial charge in [0.25, 0.3) is 5.91 Å². The quantitative estimate of drug-likeness (QED) is 0.881. The Morgan fingerprint density at radius 2 is 1.73 bits per heavy atom. The second-order valence-electron chi connectivity index (χ2n) is 7.84. The first-order valence-corrected chi connectivity index (χ1v) is 9.97. The maximum absolute atomic E-state index is 12.7. The highest BCUT2D eigenvalue weighted by Crippen LogP contribution is 2.25. The molecule has 3 rings (SSSR count). The summed E-state index contributed by atoms with van der Waals surface area (Å²) in [4.78, 5) is 27.9. The predicted molar refractivity (Wildman–Crippen MR) is 106 cm³/mol. The fourth-order valence-electron chi connectivity index (χ4n) is 3.03. The number of hydrogen-bond donors (Lipinski definition) is 1. The molecule has 0 unspecified atom stereocenters. The van der Waals surface area contributed by atoms with Gasteiger partial charge in [-0.1, -0.05) is 39.0 Å². The van der Waals surface area contributed by atoms with E-state index in [0.717, 1.165) is 24.0 Å². The van der Waals surface area contributed by atoms with Gasteiger partial charge in [0, 0.05) is 35.0 Å². The number of amides is 2. The van der Waals surface area contributed by atoms with Crippen molar-refractivity contribution < 1.29 is 9.59 Å². The molecule has 0 atom stereocenters. The lowest BCUT2D eigenvalue weighted by molar-refractivity contribution is -0.129. The van der Waals surface area contributed by atoms with Gasteiger partial charge in [0.2, 0.25) is 5.91 Å². The van der Waals surface area contributed by atoms with Crippen LogP contribution in [0.4, 0.5) is 0 Å². The third kappa shape index (κ3) is 4.33. The normalized spacial score (nSPS) is 15.7. The summed E-state index contributed by atoms with van der Waals surface area (Å²) in [5.41, 5.74) is 1.49. The molecule has 0 spiro atoms. The van der Waals surface area contributed by atoms with E-state index in [1.165, 1.54) is 4.88 Å². The van der Waals surface area contributed by atoms with Crippen molar-refractivity contribution in [3.8, 4) is 10.4 Å². The van der Waals surface area contributed by atoms with E-state index in [9.17, 15) is 9.59 Å². The van der Waals surface area contributed by atoms with Crippen molar-refractivity contribution in [2.45, 2.75) is 39.7 Å². The minimum atomic E-state index is -0.378. The topological polar surface area (TPSA) is 49.4 Å². The zero-order chi connectivity index (χ0) is 18.7. The van der Waals surface area contributed by atoms with Gasteiger partial charge in [0.1, 0.15) is 0 Å². The Morgan fingerprint density at radius 1 is 1.08 bits per heavy atom. The zero-order valence-corrected chi connectivity index (χ0v) is 16.4. The molecule has 2 heterocycles. The first-order chi connectivity index (χ1) is 12.3. The highest BCUT2D eigenvalue weighted by atomic mass is 32.1. The number of thiophene rings is 1. The average Bonchev–Trinajstić information content (AvgIpc) is 3.16. The van der Waals surface area contributed by atoms with Crippen molar-refractivity contribution in [2.24, 2.45) is 5.41 Å². The van der Waals surface area contributed by atoms with E-state index in [1.807, 2.05) is 56.0 Å². The van der Waals surface area contributed by atoms with Crippen LogP contribution in [0.25, 0.3) is 10.4 Å². The van der Waals surface area contributed by atoms with Crippen LogP contribution in [-0.2, 0) is 4.79 Å². The van der Waals surface area contributed by atoms with Gasteiger partial charge in [-0.05, 0) is 42.0 Å². The van der Waals surface area contributed by atoms with E-state index in [1.54, 1.807) is 11.3 Å². The highest BCUT2D eigenvalue weighted by molar-refractivity contribution is 7.13. The van der Waals surface area contributed by atoms with Gasteiger partial charge in [0.05, 0.1) is 0 Å². The second kappa shape index (κ2) is 7.62. The number of carbonyl (C=O) groups is 2. The molecule has 0 aliphatic carbocycles. The Morgan fingerprint density at radius 3 is 2.27 bits per heavy atom. The minimum Gasteiger partial charge on any atom is -0.353 e. The monoisotopic (exact) mass is 370 g/mol. The molecule has 1 aromatic heterocycles. The van der Waals surface area contributed by atoms with Crippen molar-refractivity contribution in [3.63, 3.8) is 0 Å². The van der Waals surface area contributed by atoms with Gasteiger partial charge in [-0.2, -0.15) is 0 Å². The molecule has 2 aromatic rings. The molecule has 1 N–H and O–H groups in total. The molecule has 1 aliphatic heterocycles. The van der Waals surface area contributed by atoms with Gasteiger partial charge < -0.3 is 10.2 Å². The van der Waals surface area contributed by atoms with Gasteiger partial charge in [0.15, 0.2) is 0 Å². The molecule has 0 radical (unpaired) electrons. The molecule has 1 fully saturated rings. The fraction of sp³-hybridized carbons (Fsp3) is 0.429. The molecule has 1 aromatic carbocycles. The third-order valence-electron chi connectivity index (χ3n) is 4.74. The van der Waals surface area contributed by atoms with E-state index in [-0.39, 0.29) is 23.3 Å². The lowest BCUT2D eigenvalue weighted by Gasteiger charge is -2.33. The molecule has 0 bridgehead atoms. The Labute approximate surface area is 159 Å². The molecule has 26 heavy (non-hydrogen) atoms. The van der Waals surface area contributed by atoms with Gasteiger partial charge in [-0.25, -0.2) is 0 Å². The molecule has 4 nitrogen and oxygen atoms in total. The number of nitrogens with zero attached hydrogens (tertiary/aromatic N) is 1. The van der Waals surface area contributed by atoms with Crippen molar-refractivity contribution in [1.82, 2.24) is 10.2 Å². The molecule has 2 amide bonds. The summed E-state index contributed by atoms with van der Waals surface area (Å²) in [6.45, 7) is 7.11. The zero-order valence-electron chi connectivity index (χ0n) is 15.6. The molecule has 138 valence electrons. The summed E-state index contributed by atoms with van der Waals surface area (Å²) in [5, 5.41) is 5.16. The van der Waals surface area contributed by atoms with Crippen LogP contribution in [-0.4, -0.2) is 35.8 Å². The van der Waals surface area contributed by atoms with Crippen molar-refractivity contribution in [1.29, 1.82) is 0 Å². The third-order valence-corrected chi connectivity index (χ3v) is 5.66. The Balaban J connectivity index is 1.56. The molecular formula is C21H26N2O2S. The number of rotatable bonds is 3. The lowest BCUT2D eigenvalue weighted by atomic mass is 9.94. The number of carbonyl (C=O) groups excluding carboxylic acids is 2. The van der Waals surface area contributed by atoms with Crippen LogP contribution in [0.3, 0.4) is 0 Å². The maximum atomic E-state index is 12.7. The molecule has 1 saturated heterocycles. The van der Waals surface area contributed by atoms with Crippen LogP contribution in [0.5, 0.6) is 0 Å². The number of benzene rings is 1. The summed E-state index contributed by atoms with van der Waals surface area (Å²) in [6, 6.07) is 12.1. The van der Waals surface area contributed by atoms with Crippen molar-refractivity contribution in [2.75, 3.05) is 13.1 Å². The predicted octanol–water partition coefficient (Wildman–Crippen LogP) is 4.18. The Hall–Kier alpha value is -2.14. The SMILES string of the molecule is CC(C)(C)C(=O)NC1CCN(C(=O)c2ccc(-c3cccs3)cc2)CC1. The van der Waals surface area contributed by atoms with E-state index in [0.29, 0.717) is 13.1 Å². The Kier molecular flexibility index (Phi) is 5.47. The lowest BCUT2D eigenvalue weighted by Crippen LogP contribution is -2.49. The number of likely N-dealkylation sites (tertiary alicyclic amines) is 1. The van der Waals surface area contributed by atoms with Crippen molar-refractivity contribution in [3.05, 3.63) is 47.3 Å². The average molecular weight is 371 g/mol. The highest BCUT2D eigenvalue weighted by Gasteiger charge is 2.28. The maximum Gasteiger partial charge on any atom is 0.253 e. The van der Waals surface area contributed by atoms with E-state index < -0.39 is 0 Å². The molecular weight excluding hydrogens is 344 g/mol. The number of nitrogens with one attached hydrogen (secondary N) is 1. The van der Waals surface area contributed by atoms with Gasteiger partial charge in [-0.15, -0.1) is 11.3 Å².